The lowest BCUT2D eigenvalue weighted by molar-refractivity contribution is 0.102. The summed E-state index contributed by atoms with van der Waals surface area (Å²) in [6, 6.07) is 6.95. The van der Waals surface area contributed by atoms with Gasteiger partial charge in [-0.15, -0.1) is 0 Å². The van der Waals surface area contributed by atoms with E-state index in [-0.39, 0.29) is 12.5 Å². The summed E-state index contributed by atoms with van der Waals surface area (Å²) < 4.78 is 4.89. The van der Waals surface area contributed by atoms with Crippen LogP contribution in [0.2, 0.25) is 0 Å². The normalized spacial score (nSPS) is 9.75. The molecule has 1 amide bonds. The van der Waals surface area contributed by atoms with Crippen LogP contribution in [0.3, 0.4) is 0 Å². The van der Waals surface area contributed by atoms with Crippen molar-refractivity contribution in [2.45, 2.75) is 13.8 Å². The van der Waals surface area contributed by atoms with E-state index in [1.165, 1.54) is 0 Å². The maximum absolute atomic E-state index is 12.2. The highest BCUT2D eigenvalue weighted by molar-refractivity contribution is 6.05. The summed E-state index contributed by atoms with van der Waals surface area (Å²) in [7, 11) is 0. The van der Waals surface area contributed by atoms with Gasteiger partial charge >= 0.3 is 0 Å². The number of carbonyl (C=O) groups excluding carboxylic acids is 1. The Morgan fingerprint density at radius 2 is 2.20 bits per heavy atom. The fraction of sp³-hybridized carbons (Fsp3) is 0.200. The molecule has 5 nitrogen and oxygen atoms in total. The van der Waals surface area contributed by atoms with Crippen molar-refractivity contribution in [1.29, 1.82) is 0 Å². The van der Waals surface area contributed by atoms with Crippen molar-refractivity contribution in [2.75, 3.05) is 11.9 Å². The molecule has 5 heteroatoms. The lowest BCUT2D eigenvalue weighted by Crippen LogP contribution is -2.13. The second-order valence-electron chi connectivity index (χ2n) is 4.29. The zero-order valence-corrected chi connectivity index (χ0v) is 11.2. The molecule has 0 bridgehead atoms. The highest BCUT2D eigenvalue weighted by atomic mass is 16.5. The smallest absolute Gasteiger partial charge is 0.258 e. The molecule has 0 aliphatic heterocycles. The van der Waals surface area contributed by atoms with Gasteiger partial charge in [0.15, 0.2) is 5.82 Å². The summed E-state index contributed by atoms with van der Waals surface area (Å²) in [5.74, 6) is 5.97. The number of nitrogens with zero attached hydrogens (tertiary/aromatic N) is 1. The molecule has 102 valence electrons. The molecular weight excluding hydrogens is 256 g/mol. The van der Waals surface area contributed by atoms with Gasteiger partial charge in [-0.05, 0) is 31.5 Å². The van der Waals surface area contributed by atoms with E-state index in [0.29, 0.717) is 22.7 Å². The van der Waals surface area contributed by atoms with Crippen molar-refractivity contribution < 1.29 is 14.4 Å². The third kappa shape index (κ3) is 3.25. The number of aromatic nitrogens is 1. The summed E-state index contributed by atoms with van der Waals surface area (Å²) in [5.41, 5.74) is 1.98. The Labute approximate surface area is 116 Å². The molecule has 0 aliphatic rings. The van der Waals surface area contributed by atoms with Crippen LogP contribution in [0, 0.1) is 25.7 Å². The molecular formula is C15H14N2O3. The lowest BCUT2D eigenvalue weighted by Gasteiger charge is -2.05. The first-order valence-corrected chi connectivity index (χ1v) is 6.05. The number of aliphatic hydroxyl groups excluding tert-OH is 1. The highest BCUT2D eigenvalue weighted by Crippen LogP contribution is 2.14. The first kappa shape index (κ1) is 13.8. The van der Waals surface area contributed by atoms with E-state index in [2.05, 4.69) is 22.3 Å². The third-order valence-electron chi connectivity index (χ3n) is 2.59. The minimum absolute atomic E-state index is 0.252. The van der Waals surface area contributed by atoms with Crippen molar-refractivity contribution in [1.82, 2.24) is 5.16 Å². The minimum Gasteiger partial charge on any atom is -0.384 e. The molecule has 1 aromatic heterocycles. The summed E-state index contributed by atoms with van der Waals surface area (Å²) >= 11 is 0. The maximum atomic E-state index is 12.2. The second-order valence-corrected chi connectivity index (χ2v) is 4.29. The quantitative estimate of drug-likeness (QED) is 0.817. The number of rotatable bonds is 2. The molecule has 1 heterocycles. The van der Waals surface area contributed by atoms with Crippen LogP contribution < -0.4 is 5.32 Å². The number of nitrogens with one attached hydrogen (secondary N) is 1. The number of carbonyl (C=O) groups is 1. The Kier molecular flexibility index (Phi) is 4.18. The molecule has 2 aromatic rings. The van der Waals surface area contributed by atoms with Crippen molar-refractivity contribution in [3.8, 4) is 11.8 Å². The van der Waals surface area contributed by atoms with Crippen LogP contribution in [-0.2, 0) is 0 Å². The Morgan fingerprint density at radius 1 is 1.40 bits per heavy atom. The maximum Gasteiger partial charge on any atom is 0.258 e. The Bertz CT molecular complexity index is 693. The molecule has 0 radical (unpaired) electrons. The Balaban J connectivity index is 2.29. The predicted molar refractivity (Wildman–Crippen MR) is 74.3 cm³/mol. The second kappa shape index (κ2) is 6.04. The minimum atomic E-state index is -0.319. The highest BCUT2D eigenvalue weighted by Gasteiger charge is 2.12. The van der Waals surface area contributed by atoms with E-state index in [1.807, 2.05) is 13.0 Å². The largest absolute Gasteiger partial charge is 0.384 e. The van der Waals surface area contributed by atoms with Crippen molar-refractivity contribution >= 4 is 11.7 Å². The van der Waals surface area contributed by atoms with Gasteiger partial charge in [-0.3, -0.25) is 4.79 Å². The molecule has 0 aliphatic carbocycles. The van der Waals surface area contributed by atoms with Crippen LogP contribution >= 0.6 is 0 Å². The Morgan fingerprint density at radius 3 is 2.85 bits per heavy atom. The van der Waals surface area contributed by atoms with E-state index in [9.17, 15) is 4.79 Å². The monoisotopic (exact) mass is 270 g/mol. The fourth-order valence-corrected chi connectivity index (χ4v) is 1.70. The average Bonchev–Trinajstić information content (AvgIpc) is 2.81. The summed E-state index contributed by atoms with van der Waals surface area (Å²) in [6.07, 6.45) is 0. The molecule has 20 heavy (non-hydrogen) atoms. The van der Waals surface area contributed by atoms with Gasteiger partial charge in [0.25, 0.3) is 5.91 Å². The van der Waals surface area contributed by atoms with E-state index in [0.717, 1.165) is 5.56 Å². The number of amides is 1. The van der Waals surface area contributed by atoms with E-state index < -0.39 is 0 Å². The molecule has 0 spiro atoms. The molecule has 2 N–H and O–H groups in total. The van der Waals surface area contributed by atoms with E-state index in [1.54, 1.807) is 25.1 Å². The SMILES string of the molecule is Cc1ccc(C(=O)Nc2cc(C)on2)c(C#CCO)c1. The average molecular weight is 270 g/mol. The van der Waals surface area contributed by atoms with Crippen LogP contribution in [0.25, 0.3) is 0 Å². The molecule has 0 unspecified atom stereocenters. The predicted octanol–water partition coefficient (Wildman–Crippen LogP) is 1.89. The van der Waals surface area contributed by atoms with Crippen LogP contribution in [-0.4, -0.2) is 22.8 Å². The zero-order valence-electron chi connectivity index (χ0n) is 11.2. The first-order chi connectivity index (χ1) is 9.60. The third-order valence-corrected chi connectivity index (χ3v) is 2.59. The van der Waals surface area contributed by atoms with Crippen LogP contribution in [0.4, 0.5) is 5.82 Å². The summed E-state index contributed by atoms with van der Waals surface area (Å²) in [6.45, 7) is 3.40. The van der Waals surface area contributed by atoms with Crippen LogP contribution in [0.5, 0.6) is 0 Å². The number of hydrogen-bond acceptors (Lipinski definition) is 4. The summed E-state index contributed by atoms with van der Waals surface area (Å²) in [4.78, 5) is 12.2. The Hall–Kier alpha value is -2.58. The van der Waals surface area contributed by atoms with Gasteiger partial charge in [-0.2, -0.15) is 0 Å². The molecule has 1 aromatic carbocycles. The molecule has 0 saturated carbocycles. The van der Waals surface area contributed by atoms with E-state index >= 15 is 0 Å². The molecule has 0 atom stereocenters. The summed E-state index contributed by atoms with van der Waals surface area (Å²) in [5, 5.41) is 15.1. The number of anilines is 1. The molecule has 0 fully saturated rings. The standard InChI is InChI=1S/C15H14N2O3/c1-10-5-6-13(12(8-10)4-3-7-18)15(19)16-14-9-11(2)20-17-14/h5-6,8-9,18H,7H2,1-2H3,(H,16,17,19). The lowest BCUT2D eigenvalue weighted by atomic mass is 10.0. The first-order valence-electron chi connectivity index (χ1n) is 6.05. The van der Waals surface area contributed by atoms with E-state index in [4.69, 9.17) is 9.63 Å². The molecule has 0 saturated heterocycles. The fourth-order valence-electron chi connectivity index (χ4n) is 1.70. The van der Waals surface area contributed by atoms with Crippen molar-refractivity contribution in [2.24, 2.45) is 0 Å². The van der Waals surface area contributed by atoms with Gasteiger partial charge < -0.3 is 14.9 Å². The van der Waals surface area contributed by atoms with Gasteiger partial charge in [-0.25, -0.2) is 0 Å². The van der Waals surface area contributed by atoms with Gasteiger partial charge in [0.05, 0.1) is 5.56 Å². The van der Waals surface area contributed by atoms with Gasteiger partial charge in [0, 0.05) is 11.6 Å². The van der Waals surface area contributed by atoms with Gasteiger partial charge in [0.2, 0.25) is 0 Å². The van der Waals surface area contributed by atoms with Crippen molar-refractivity contribution in [3.63, 3.8) is 0 Å². The van der Waals surface area contributed by atoms with Gasteiger partial charge in [0.1, 0.15) is 12.4 Å². The van der Waals surface area contributed by atoms with Crippen molar-refractivity contribution in [3.05, 3.63) is 46.7 Å². The number of aliphatic hydroxyl groups is 1. The van der Waals surface area contributed by atoms with Crippen LogP contribution in [0.15, 0.2) is 28.8 Å². The number of hydrogen-bond donors (Lipinski definition) is 2. The molecule has 2 rings (SSSR count). The zero-order chi connectivity index (χ0) is 14.5. The van der Waals surface area contributed by atoms with Gasteiger partial charge in [-0.1, -0.05) is 23.1 Å². The topological polar surface area (TPSA) is 75.4 Å². The number of aryl methyl sites for hydroxylation is 2. The number of benzene rings is 1. The van der Waals surface area contributed by atoms with Crippen LogP contribution in [0.1, 0.15) is 27.2 Å².